The molecule has 3 rings (SSSR count). The molecule has 2 heterocycles. The number of piperidine rings is 1. The molecule has 2 atom stereocenters. The molecule has 2 saturated heterocycles. The lowest BCUT2D eigenvalue weighted by molar-refractivity contribution is -0.140. The lowest BCUT2D eigenvalue weighted by Crippen LogP contribution is -2.46. The molecule has 1 aromatic carbocycles. The Kier molecular flexibility index (Phi) is 8.46. The highest BCUT2D eigenvalue weighted by Crippen LogP contribution is 2.30. The summed E-state index contributed by atoms with van der Waals surface area (Å²) in [5.74, 6) is -0.207. The van der Waals surface area contributed by atoms with Crippen LogP contribution < -0.4 is 0 Å². The second-order valence-electron chi connectivity index (χ2n) is 8.90. The van der Waals surface area contributed by atoms with Gasteiger partial charge in [-0.1, -0.05) is 30.3 Å². The SMILES string of the molecule is CC(=O)N1CCCN(CC[C@@H]2CN(C(=O)Cc3ccccc3)CC[C@H]2CC(=O)O)CC1. The Hall–Kier alpha value is -2.41. The van der Waals surface area contributed by atoms with Gasteiger partial charge in [0, 0.05) is 46.1 Å². The molecular weight excluding hydrogens is 394 g/mol. The summed E-state index contributed by atoms with van der Waals surface area (Å²) < 4.78 is 0. The topological polar surface area (TPSA) is 81.2 Å². The first kappa shape index (κ1) is 23.3. The van der Waals surface area contributed by atoms with Gasteiger partial charge in [-0.25, -0.2) is 0 Å². The molecule has 2 aliphatic heterocycles. The molecule has 7 nitrogen and oxygen atoms in total. The molecule has 0 saturated carbocycles. The number of carboxylic acid groups (broad SMARTS) is 1. The maximum Gasteiger partial charge on any atom is 0.303 e. The number of hydrogen-bond acceptors (Lipinski definition) is 4. The first-order valence-electron chi connectivity index (χ1n) is 11.4. The summed E-state index contributed by atoms with van der Waals surface area (Å²) >= 11 is 0. The van der Waals surface area contributed by atoms with Gasteiger partial charge in [0.2, 0.25) is 11.8 Å². The van der Waals surface area contributed by atoms with Crippen LogP contribution in [-0.2, 0) is 20.8 Å². The molecule has 31 heavy (non-hydrogen) atoms. The monoisotopic (exact) mass is 429 g/mol. The Balaban J connectivity index is 1.57. The van der Waals surface area contributed by atoms with E-state index in [0.717, 1.165) is 57.5 Å². The van der Waals surface area contributed by atoms with Crippen LogP contribution in [-0.4, -0.2) is 83.4 Å². The number of carboxylic acids is 1. The number of nitrogens with zero attached hydrogens (tertiary/aromatic N) is 3. The smallest absolute Gasteiger partial charge is 0.303 e. The number of rotatable bonds is 7. The number of aliphatic carboxylic acids is 1. The van der Waals surface area contributed by atoms with Crippen molar-refractivity contribution in [2.24, 2.45) is 11.8 Å². The Morgan fingerprint density at radius 2 is 1.74 bits per heavy atom. The lowest BCUT2D eigenvalue weighted by atomic mass is 9.81. The summed E-state index contributed by atoms with van der Waals surface area (Å²) in [5.41, 5.74) is 1.01. The third kappa shape index (κ3) is 7.06. The summed E-state index contributed by atoms with van der Waals surface area (Å²) in [7, 11) is 0. The van der Waals surface area contributed by atoms with Crippen LogP contribution in [0.25, 0.3) is 0 Å². The molecule has 2 amide bonds. The first-order valence-corrected chi connectivity index (χ1v) is 11.4. The second-order valence-corrected chi connectivity index (χ2v) is 8.90. The molecule has 0 unspecified atom stereocenters. The highest BCUT2D eigenvalue weighted by atomic mass is 16.4. The van der Waals surface area contributed by atoms with Crippen LogP contribution in [0.15, 0.2) is 30.3 Å². The molecule has 170 valence electrons. The minimum absolute atomic E-state index is 0.110. The van der Waals surface area contributed by atoms with Gasteiger partial charge in [-0.2, -0.15) is 0 Å². The van der Waals surface area contributed by atoms with Gasteiger partial charge in [-0.05, 0) is 49.8 Å². The van der Waals surface area contributed by atoms with Crippen molar-refractivity contribution in [2.45, 2.75) is 39.0 Å². The van der Waals surface area contributed by atoms with Crippen LogP contribution in [0.5, 0.6) is 0 Å². The van der Waals surface area contributed by atoms with Crippen molar-refractivity contribution in [1.29, 1.82) is 0 Å². The number of carbonyl (C=O) groups excluding carboxylic acids is 2. The molecule has 1 aromatic rings. The van der Waals surface area contributed by atoms with Gasteiger partial charge >= 0.3 is 5.97 Å². The summed E-state index contributed by atoms with van der Waals surface area (Å²) in [5, 5.41) is 9.36. The van der Waals surface area contributed by atoms with Gasteiger partial charge < -0.3 is 19.8 Å². The fraction of sp³-hybridized carbons (Fsp3) is 0.625. The van der Waals surface area contributed by atoms with E-state index >= 15 is 0 Å². The quantitative estimate of drug-likeness (QED) is 0.718. The first-order chi connectivity index (χ1) is 14.9. The molecule has 0 spiro atoms. The van der Waals surface area contributed by atoms with Gasteiger partial charge in [0.05, 0.1) is 6.42 Å². The number of hydrogen-bond donors (Lipinski definition) is 1. The average molecular weight is 430 g/mol. The molecule has 2 fully saturated rings. The third-order valence-corrected chi connectivity index (χ3v) is 6.73. The predicted octanol–water partition coefficient (Wildman–Crippen LogP) is 2.11. The average Bonchev–Trinajstić information content (AvgIpc) is 2.99. The predicted molar refractivity (Wildman–Crippen MR) is 119 cm³/mol. The molecule has 7 heteroatoms. The van der Waals surface area contributed by atoms with Crippen LogP contribution >= 0.6 is 0 Å². The van der Waals surface area contributed by atoms with Gasteiger partial charge in [0.25, 0.3) is 0 Å². The van der Waals surface area contributed by atoms with Gasteiger partial charge in [-0.15, -0.1) is 0 Å². The molecule has 0 aliphatic carbocycles. The van der Waals surface area contributed by atoms with Crippen molar-refractivity contribution in [2.75, 3.05) is 45.8 Å². The van der Waals surface area contributed by atoms with E-state index in [0.29, 0.717) is 19.5 Å². The fourth-order valence-corrected chi connectivity index (χ4v) is 4.87. The molecule has 0 bridgehead atoms. The molecule has 2 aliphatic rings. The summed E-state index contributed by atoms with van der Waals surface area (Å²) in [6.07, 6.45) is 3.15. The van der Waals surface area contributed by atoms with E-state index in [1.807, 2.05) is 40.1 Å². The maximum absolute atomic E-state index is 12.9. The highest BCUT2D eigenvalue weighted by Gasteiger charge is 2.33. The van der Waals surface area contributed by atoms with E-state index in [2.05, 4.69) is 4.90 Å². The summed E-state index contributed by atoms with van der Waals surface area (Å²) in [4.78, 5) is 42.1. The zero-order valence-electron chi connectivity index (χ0n) is 18.5. The van der Waals surface area contributed by atoms with E-state index in [1.165, 1.54) is 0 Å². The zero-order valence-corrected chi connectivity index (χ0v) is 18.5. The minimum atomic E-state index is -0.758. The van der Waals surface area contributed by atoms with Crippen molar-refractivity contribution in [1.82, 2.24) is 14.7 Å². The molecule has 0 radical (unpaired) electrons. The Labute approximate surface area is 185 Å². The van der Waals surface area contributed by atoms with Crippen LogP contribution in [0.4, 0.5) is 0 Å². The molecule has 1 N–H and O–H groups in total. The Morgan fingerprint density at radius 1 is 0.968 bits per heavy atom. The fourth-order valence-electron chi connectivity index (χ4n) is 4.87. The molecule has 0 aromatic heterocycles. The number of carbonyl (C=O) groups is 3. The van der Waals surface area contributed by atoms with Crippen LogP contribution in [0, 0.1) is 11.8 Å². The van der Waals surface area contributed by atoms with E-state index in [-0.39, 0.29) is 30.1 Å². The van der Waals surface area contributed by atoms with Crippen LogP contribution in [0.1, 0.15) is 38.2 Å². The molecular formula is C24H35N3O4. The third-order valence-electron chi connectivity index (χ3n) is 6.73. The standard InChI is InChI=1S/C24H35N3O4/c1-19(28)26-11-5-10-25(14-15-26)12-8-22-18-27(13-9-21(22)17-24(30)31)23(29)16-20-6-3-2-4-7-20/h2-4,6-7,21-22H,5,8-18H2,1H3,(H,30,31)/t21-,22+/m0/s1. The Morgan fingerprint density at radius 3 is 2.45 bits per heavy atom. The van der Waals surface area contributed by atoms with Crippen molar-refractivity contribution in [3.05, 3.63) is 35.9 Å². The van der Waals surface area contributed by atoms with Gasteiger partial charge in [0.1, 0.15) is 0 Å². The van der Waals surface area contributed by atoms with E-state index < -0.39 is 5.97 Å². The van der Waals surface area contributed by atoms with E-state index in [1.54, 1.807) is 6.92 Å². The lowest BCUT2D eigenvalue weighted by Gasteiger charge is -2.39. The van der Waals surface area contributed by atoms with Crippen LogP contribution in [0.3, 0.4) is 0 Å². The number of benzene rings is 1. The second kappa shape index (κ2) is 11.3. The minimum Gasteiger partial charge on any atom is -0.481 e. The summed E-state index contributed by atoms with van der Waals surface area (Å²) in [6, 6.07) is 9.77. The van der Waals surface area contributed by atoms with Gasteiger partial charge in [-0.3, -0.25) is 14.4 Å². The van der Waals surface area contributed by atoms with Crippen molar-refractivity contribution in [3.63, 3.8) is 0 Å². The number of amides is 2. The highest BCUT2D eigenvalue weighted by molar-refractivity contribution is 5.79. The maximum atomic E-state index is 12.9. The van der Waals surface area contributed by atoms with E-state index in [9.17, 15) is 19.5 Å². The van der Waals surface area contributed by atoms with Gasteiger partial charge in [0.15, 0.2) is 0 Å². The number of likely N-dealkylation sites (tertiary alicyclic amines) is 1. The zero-order chi connectivity index (χ0) is 22.2. The Bertz CT molecular complexity index is 754. The van der Waals surface area contributed by atoms with Crippen molar-refractivity contribution < 1.29 is 19.5 Å². The normalized spacial score (nSPS) is 22.7. The van der Waals surface area contributed by atoms with Crippen LogP contribution in [0.2, 0.25) is 0 Å². The van der Waals surface area contributed by atoms with Crippen molar-refractivity contribution in [3.8, 4) is 0 Å². The summed E-state index contributed by atoms with van der Waals surface area (Å²) in [6.45, 7) is 7.14. The van der Waals surface area contributed by atoms with E-state index in [4.69, 9.17) is 0 Å². The van der Waals surface area contributed by atoms with Crippen molar-refractivity contribution >= 4 is 17.8 Å². The largest absolute Gasteiger partial charge is 0.481 e.